The normalized spacial score (nSPS) is 11.5. The fraction of sp³-hybridized carbons (Fsp3) is 0.259. The molecule has 0 aliphatic heterocycles. The van der Waals surface area contributed by atoms with Crippen molar-refractivity contribution >= 4 is 17.5 Å². The van der Waals surface area contributed by atoms with Crippen LogP contribution in [-0.2, 0) is 4.79 Å². The molecule has 15 heteroatoms. The lowest BCUT2D eigenvalue weighted by molar-refractivity contribution is -0.131. The van der Waals surface area contributed by atoms with E-state index in [9.17, 15) is 9.59 Å². The van der Waals surface area contributed by atoms with Gasteiger partial charge >= 0.3 is 11.7 Å². The van der Waals surface area contributed by atoms with Crippen LogP contribution in [0.2, 0.25) is 0 Å². The molecule has 2 aromatic heterocycles. The van der Waals surface area contributed by atoms with E-state index in [-0.39, 0.29) is 72.2 Å². The number of aliphatic hydroxyl groups excluding tert-OH is 1. The smallest absolute Gasteiger partial charge is 0.350 e. The van der Waals surface area contributed by atoms with Gasteiger partial charge in [0.1, 0.15) is 23.4 Å². The predicted octanol–water partition coefficient (Wildman–Crippen LogP) is 2.06. The van der Waals surface area contributed by atoms with Crippen LogP contribution in [0.15, 0.2) is 53.6 Å². The van der Waals surface area contributed by atoms with Gasteiger partial charge in [-0.3, -0.25) is 15.2 Å². The molecule has 4 rings (SSSR count). The minimum atomic E-state index is -1.17. The molecule has 2 aromatic carbocycles. The number of nitrogens with one attached hydrogen (secondary N) is 3. The number of amidine groups is 1. The Bertz CT molecular complexity index is 1620. The number of rotatable bonds is 13. The lowest BCUT2D eigenvalue weighted by Crippen LogP contribution is -2.19. The third-order valence-electron chi connectivity index (χ3n) is 5.71. The number of nitrogens with two attached hydrogens (primary N) is 1. The number of nitrogens with zero attached hydrogens (tertiary/aromatic N) is 4. The second-order valence-electron chi connectivity index (χ2n) is 8.75. The van der Waals surface area contributed by atoms with E-state index in [4.69, 9.17) is 30.5 Å². The van der Waals surface area contributed by atoms with Crippen LogP contribution in [0.25, 0.3) is 5.95 Å². The molecule has 0 saturated carbocycles. The summed E-state index contributed by atoms with van der Waals surface area (Å²) >= 11 is 0. The highest BCUT2D eigenvalue weighted by atomic mass is 19.1. The summed E-state index contributed by atoms with van der Waals surface area (Å²) in [6.07, 6.45) is 3.14. The topological polar surface area (TPSA) is 203 Å². The number of aliphatic hydroxyl groups is 1. The van der Waals surface area contributed by atoms with Gasteiger partial charge in [0.2, 0.25) is 0 Å². The summed E-state index contributed by atoms with van der Waals surface area (Å²) in [6.45, 7) is 3.12. The van der Waals surface area contributed by atoms with Crippen molar-refractivity contribution in [1.82, 2.24) is 24.7 Å². The lowest BCUT2D eigenvalue weighted by Gasteiger charge is -2.22. The van der Waals surface area contributed by atoms with E-state index in [2.05, 4.69) is 25.4 Å². The molecule has 1 atom stereocenters. The van der Waals surface area contributed by atoms with Crippen LogP contribution in [0.1, 0.15) is 43.3 Å². The average Bonchev–Trinajstić information content (AvgIpc) is 3.35. The fourth-order valence-electron chi connectivity index (χ4n) is 3.95. The van der Waals surface area contributed by atoms with E-state index in [1.807, 2.05) is 0 Å². The van der Waals surface area contributed by atoms with Crippen LogP contribution < -0.4 is 31.0 Å². The van der Waals surface area contributed by atoms with Gasteiger partial charge in [0, 0.05) is 55.7 Å². The van der Waals surface area contributed by atoms with Crippen molar-refractivity contribution in [2.75, 3.05) is 25.1 Å². The first-order chi connectivity index (χ1) is 20.2. The summed E-state index contributed by atoms with van der Waals surface area (Å²) in [5.74, 6) is -1.66. The van der Waals surface area contributed by atoms with E-state index in [0.717, 1.165) is 4.68 Å². The van der Waals surface area contributed by atoms with Gasteiger partial charge in [-0.15, -0.1) is 9.78 Å². The highest BCUT2D eigenvalue weighted by Gasteiger charge is 2.27. The van der Waals surface area contributed by atoms with E-state index in [1.54, 1.807) is 13.0 Å². The molecule has 0 saturated heterocycles. The minimum Gasteiger partial charge on any atom is -0.494 e. The van der Waals surface area contributed by atoms with E-state index < -0.39 is 23.5 Å². The molecule has 0 radical (unpaired) electrons. The number of aromatic nitrogens is 5. The number of halogens is 1. The summed E-state index contributed by atoms with van der Waals surface area (Å²) in [4.78, 5) is 35.3. The van der Waals surface area contributed by atoms with Crippen molar-refractivity contribution in [2.24, 2.45) is 5.73 Å². The van der Waals surface area contributed by atoms with Crippen molar-refractivity contribution < 1.29 is 28.5 Å². The Labute approximate surface area is 238 Å². The first-order valence-electron chi connectivity index (χ1n) is 12.8. The molecule has 14 nitrogen and oxygen atoms in total. The Morgan fingerprint density at radius 2 is 1.98 bits per heavy atom. The van der Waals surface area contributed by atoms with Crippen molar-refractivity contribution in [3.8, 4) is 23.2 Å². The molecule has 0 unspecified atom stereocenters. The number of esters is 1. The molecule has 0 aliphatic carbocycles. The highest BCUT2D eigenvalue weighted by Crippen LogP contribution is 2.36. The highest BCUT2D eigenvalue weighted by molar-refractivity contribution is 5.98. The number of anilines is 1. The SMILES string of the molecule is CCOc1cc(OCCCO)c(F)c([C@H](Nc2ccc(C(=N)N)c(OC(C)=O)c2)c2nn(-c3ncccn3)c(=O)[nH]2)c1. The molecule has 2 heterocycles. The Kier molecular flexibility index (Phi) is 9.44. The Hall–Kier alpha value is -5.31. The standard InChI is InChI=1S/C27H29FN8O6/c1-3-40-17-13-19(22(28)21(14-17)41-11-5-10-37)23(25-34-27(39)36(35-25)26-31-8-4-9-32-26)33-16-6-7-18(24(29)30)20(12-16)42-15(2)38/h4,6-9,12-14,23,33,37H,3,5,10-11H2,1-2H3,(H3,29,30)(H,34,35,39)/t23-/m0/s1. The maximum atomic E-state index is 16.1. The maximum absolute atomic E-state index is 16.1. The number of aromatic amines is 1. The fourth-order valence-corrected chi connectivity index (χ4v) is 3.95. The van der Waals surface area contributed by atoms with Gasteiger partial charge in [-0.1, -0.05) is 0 Å². The molecule has 0 bridgehead atoms. The quantitative estimate of drug-likeness (QED) is 0.0509. The number of ether oxygens (including phenoxy) is 3. The number of H-pyrrole nitrogens is 1. The first kappa shape index (κ1) is 29.7. The van der Waals surface area contributed by atoms with Crippen LogP contribution in [-0.4, -0.2) is 61.5 Å². The number of carbonyl (C=O) groups is 1. The van der Waals surface area contributed by atoms with Crippen molar-refractivity contribution in [3.63, 3.8) is 0 Å². The van der Waals surface area contributed by atoms with Crippen molar-refractivity contribution in [1.29, 1.82) is 5.41 Å². The van der Waals surface area contributed by atoms with Crippen molar-refractivity contribution in [3.05, 3.63) is 82.0 Å². The van der Waals surface area contributed by atoms with Crippen LogP contribution in [0.3, 0.4) is 0 Å². The zero-order chi connectivity index (χ0) is 30.2. The van der Waals surface area contributed by atoms with Crippen LogP contribution >= 0.6 is 0 Å². The third-order valence-corrected chi connectivity index (χ3v) is 5.71. The largest absolute Gasteiger partial charge is 0.494 e. The summed E-state index contributed by atoms with van der Waals surface area (Å²) in [5, 5.41) is 24.4. The van der Waals surface area contributed by atoms with Crippen molar-refractivity contribution in [2.45, 2.75) is 26.3 Å². The molecule has 42 heavy (non-hydrogen) atoms. The maximum Gasteiger partial charge on any atom is 0.350 e. The van der Waals surface area contributed by atoms with Crippen LogP contribution in [0.5, 0.6) is 17.2 Å². The van der Waals surface area contributed by atoms with Gasteiger partial charge < -0.3 is 30.4 Å². The molecule has 4 aromatic rings. The van der Waals surface area contributed by atoms with Gasteiger partial charge in [0.05, 0.1) is 18.8 Å². The summed E-state index contributed by atoms with van der Waals surface area (Å²) < 4.78 is 33.5. The molecule has 0 spiro atoms. The number of hydrogen-bond donors (Lipinski definition) is 5. The molecule has 0 fully saturated rings. The van der Waals surface area contributed by atoms with E-state index in [1.165, 1.54) is 49.6 Å². The Morgan fingerprint density at radius 3 is 2.64 bits per heavy atom. The number of benzene rings is 2. The molecule has 0 amide bonds. The zero-order valence-corrected chi connectivity index (χ0v) is 22.8. The molecule has 6 N–H and O–H groups in total. The number of nitrogen functional groups attached to an aromatic ring is 1. The van der Waals surface area contributed by atoms with E-state index in [0.29, 0.717) is 5.69 Å². The van der Waals surface area contributed by atoms with Crippen LogP contribution in [0, 0.1) is 11.2 Å². The van der Waals surface area contributed by atoms with Gasteiger partial charge in [0.25, 0.3) is 5.95 Å². The summed E-state index contributed by atoms with van der Waals surface area (Å²) in [7, 11) is 0. The third kappa shape index (κ3) is 6.87. The second kappa shape index (κ2) is 13.4. The van der Waals surface area contributed by atoms with E-state index >= 15 is 4.39 Å². The van der Waals surface area contributed by atoms with Gasteiger partial charge in [-0.05, 0) is 31.2 Å². The zero-order valence-electron chi connectivity index (χ0n) is 22.8. The number of hydrogen-bond acceptors (Lipinski definition) is 11. The summed E-state index contributed by atoms with van der Waals surface area (Å²) in [5.41, 5.74) is 5.41. The summed E-state index contributed by atoms with van der Waals surface area (Å²) in [6, 6.07) is 7.62. The second-order valence-corrected chi connectivity index (χ2v) is 8.75. The Balaban J connectivity index is 1.87. The first-order valence-corrected chi connectivity index (χ1v) is 12.8. The molecular formula is C27H29FN8O6. The lowest BCUT2D eigenvalue weighted by atomic mass is 10.0. The van der Waals surface area contributed by atoms with Gasteiger partial charge in [-0.25, -0.2) is 19.2 Å². The molecule has 220 valence electrons. The molecular weight excluding hydrogens is 551 g/mol. The minimum absolute atomic E-state index is 0.00739. The Morgan fingerprint density at radius 1 is 1.21 bits per heavy atom. The van der Waals surface area contributed by atoms with Gasteiger partial charge in [-0.2, -0.15) is 0 Å². The number of carbonyl (C=O) groups excluding carboxylic acids is 1. The monoisotopic (exact) mass is 580 g/mol. The van der Waals surface area contributed by atoms with Crippen LogP contribution in [0.4, 0.5) is 10.1 Å². The average molecular weight is 581 g/mol. The predicted molar refractivity (Wildman–Crippen MR) is 149 cm³/mol. The van der Waals surface area contributed by atoms with Gasteiger partial charge in [0.15, 0.2) is 17.4 Å². The molecule has 0 aliphatic rings.